The number of hydrogen-bond acceptors (Lipinski definition) is 3. The number of nitrogen functional groups attached to an aromatic ring is 1. The van der Waals surface area contributed by atoms with Crippen LogP contribution in [0.1, 0.15) is 42.3 Å². The Labute approximate surface area is 230 Å². The molecule has 5 aromatic rings. The standard InChI is InChI=1S/C36H33N3/c37-33-19-17-28(22-31(33)25-10-3-1-4-11-25)29-18-20-34(32(23-29)26-12-5-2-6-13-26)38-36-35(39-36)30-16-15-24-9-7-8-14-27(24)21-30/h1-3,5-9,12-23,25,35-36,38-39H,4,10-11,37H2/t25?,35?,36-/m0/s1. The summed E-state index contributed by atoms with van der Waals surface area (Å²) < 4.78 is 0. The van der Waals surface area contributed by atoms with Crippen molar-refractivity contribution in [3.8, 4) is 22.3 Å². The molecule has 1 fully saturated rings. The lowest BCUT2D eigenvalue weighted by atomic mass is 9.85. The van der Waals surface area contributed by atoms with Crippen molar-refractivity contribution in [1.29, 1.82) is 0 Å². The van der Waals surface area contributed by atoms with Crippen molar-refractivity contribution >= 4 is 22.1 Å². The molecule has 3 atom stereocenters. The summed E-state index contributed by atoms with van der Waals surface area (Å²) in [4.78, 5) is 0. The van der Waals surface area contributed by atoms with E-state index in [1.54, 1.807) is 0 Å². The monoisotopic (exact) mass is 507 g/mol. The Morgan fingerprint density at radius 3 is 2.33 bits per heavy atom. The fourth-order valence-corrected chi connectivity index (χ4v) is 6.01. The smallest absolute Gasteiger partial charge is 0.0975 e. The Hall–Kier alpha value is -4.34. The van der Waals surface area contributed by atoms with Crippen LogP contribution in [0.15, 0.2) is 121 Å². The molecule has 192 valence electrons. The highest BCUT2D eigenvalue weighted by molar-refractivity contribution is 5.85. The molecular formula is C36H33N3. The largest absolute Gasteiger partial charge is 0.398 e. The van der Waals surface area contributed by atoms with Crippen LogP contribution in [0.4, 0.5) is 11.4 Å². The van der Waals surface area contributed by atoms with E-state index in [9.17, 15) is 0 Å². The quantitative estimate of drug-likeness (QED) is 0.122. The molecule has 0 bridgehead atoms. The first-order chi connectivity index (χ1) is 19.2. The van der Waals surface area contributed by atoms with E-state index in [1.807, 2.05) is 0 Å². The molecule has 3 heteroatoms. The lowest BCUT2D eigenvalue weighted by molar-refractivity contribution is 0.619. The van der Waals surface area contributed by atoms with E-state index in [1.165, 1.54) is 44.2 Å². The molecule has 4 N–H and O–H groups in total. The van der Waals surface area contributed by atoms with Gasteiger partial charge in [-0.25, -0.2) is 0 Å². The summed E-state index contributed by atoms with van der Waals surface area (Å²) >= 11 is 0. The van der Waals surface area contributed by atoms with Gasteiger partial charge in [0.1, 0.15) is 0 Å². The van der Waals surface area contributed by atoms with E-state index >= 15 is 0 Å². The predicted octanol–water partition coefficient (Wildman–Crippen LogP) is 8.66. The molecule has 0 spiro atoms. The number of allylic oxidation sites excluding steroid dienone is 2. The van der Waals surface area contributed by atoms with Crippen molar-refractivity contribution in [3.05, 3.63) is 132 Å². The minimum Gasteiger partial charge on any atom is -0.398 e. The molecule has 7 rings (SSSR count). The van der Waals surface area contributed by atoms with E-state index in [4.69, 9.17) is 5.73 Å². The molecule has 3 nitrogen and oxygen atoms in total. The highest BCUT2D eigenvalue weighted by Crippen LogP contribution is 2.40. The lowest BCUT2D eigenvalue weighted by Gasteiger charge is -2.21. The van der Waals surface area contributed by atoms with Gasteiger partial charge in [-0.15, -0.1) is 0 Å². The van der Waals surface area contributed by atoms with Crippen molar-refractivity contribution in [2.75, 3.05) is 11.1 Å². The first-order valence-corrected chi connectivity index (χ1v) is 14.0. The second-order valence-electron chi connectivity index (χ2n) is 10.8. The van der Waals surface area contributed by atoms with Crippen LogP contribution in [0, 0.1) is 0 Å². The Balaban J connectivity index is 1.19. The van der Waals surface area contributed by atoms with E-state index in [0.29, 0.717) is 12.0 Å². The van der Waals surface area contributed by atoms with Gasteiger partial charge >= 0.3 is 0 Å². The molecular weight excluding hydrogens is 474 g/mol. The van der Waals surface area contributed by atoms with Gasteiger partial charge in [-0.3, -0.25) is 5.32 Å². The van der Waals surface area contributed by atoms with Gasteiger partial charge in [-0.05, 0) is 94.1 Å². The predicted molar refractivity (Wildman–Crippen MR) is 165 cm³/mol. The summed E-state index contributed by atoms with van der Waals surface area (Å²) in [6, 6.07) is 39.6. The summed E-state index contributed by atoms with van der Waals surface area (Å²) in [6.07, 6.45) is 8.14. The molecule has 0 aromatic heterocycles. The molecule has 0 radical (unpaired) electrons. The van der Waals surface area contributed by atoms with Gasteiger partial charge < -0.3 is 11.1 Å². The van der Waals surface area contributed by atoms with Crippen LogP contribution in [-0.2, 0) is 0 Å². The number of hydrogen-bond donors (Lipinski definition) is 3. The third-order valence-corrected chi connectivity index (χ3v) is 8.26. The number of fused-ring (bicyclic) bond motifs is 1. The molecule has 5 aromatic carbocycles. The molecule has 2 unspecified atom stereocenters. The fraction of sp³-hybridized carbons (Fsp3) is 0.167. The SMILES string of the molecule is Nc1ccc(-c2ccc(N[C@H]3NC3c3ccc4ccccc4c3)c(-c3ccccc3)c2)cc1C1CC=CCC1. The lowest BCUT2D eigenvalue weighted by Crippen LogP contribution is -2.08. The number of anilines is 2. The van der Waals surface area contributed by atoms with E-state index in [0.717, 1.165) is 30.6 Å². The third-order valence-electron chi connectivity index (χ3n) is 8.26. The zero-order chi connectivity index (χ0) is 26.2. The summed E-state index contributed by atoms with van der Waals surface area (Å²) in [5, 5.41) is 9.99. The van der Waals surface area contributed by atoms with Crippen molar-refractivity contribution in [2.45, 2.75) is 37.4 Å². The van der Waals surface area contributed by atoms with E-state index in [-0.39, 0.29) is 6.17 Å². The minimum absolute atomic E-state index is 0.196. The fourth-order valence-electron chi connectivity index (χ4n) is 6.01. The maximum Gasteiger partial charge on any atom is 0.0975 e. The number of rotatable bonds is 6. The van der Waals surface area contributed by atoms with Crippen LogP contribution in [0.3, 0.4) is 0 Å². The van der Waals surface area contributed by atoms with Gasteiger partial charge in [-0.2, -0.15) is 0 Å². The Morgan fingerprint density at radius 1 is 0.692 bits per heavy atom. The first kappa shape index (κ1) is 23.8. The average molecular weight is 508 g/mol. The van der Waals surface area contributed by atoms with Crippen molar-refractivity contribution in [2.24, 2.45) is 0 Å². The molecule has 0 saturated carbocycles. The van der Waals surface area contributed by atoms with E-state index < -0.39 is 0 Å². The van der Waals surface area contributed by atoms with Crippen LogP contribution in [-0.4, -0.2) is 6.17 Å². The van der Waals surface area contributed by atoms with Crippen molar-refractivity contribution in [3.63, 3.8) is 0 Å². The maximum atomic E-state index is 6.46. The van der Waals surface area contributed by atoms with Crippen LogP contribution in [0.25, 0.3) is 33.0 Å². The molecule has 1 aliphatic carbocycles. The van der Waals surface area contributed by atoms with Crippen LogP contribution < -0.4 is 16.4 Å². The number of benzene rings is 5. The topological polar surface area (TPSA) is 60.0 Å². The van der Waals surface area contributed by atoms with E-state index in [2.05, 4.69) is 132 Å². The summed E-state index contributed by atoms with van der Waals surface area (Å²) in [5.74, 6) is 0.498. The normalized spacial score (nSPS) is 20.2. The third kappa shape index (κ3) is 4.82. The highest BCUT2D eigenvalue weighted by atomic mass is 15.3. The zero-order valence-corrected chi connectivity index (χ0v) is 22.0. The molecule has 2 aliphatic rings. The molecule has 39 heavy (non-hydrogen) atoms. The van der Waals surface area contributed by atoms with Crippen molar-refractivity contribution < 1.29 is 0 Å². The van der Waals surface area contributed by atoms with Crippen molar-refractivity contribution in [1.82, 2.24) is 5.32 Å². The van der Waals surface area contributed by atoms with Gasteiger partial charge in [0.15, 0.2) is 0 Å². The highest BCUT2D eigenvalue weighted by Gasteiger charge is 2.38. The Kier molecular flexibility index (Phi) is 6.14. The summed E-state index contributed by atoms with van der Waals surface area (Å²) in [6.45, 7) is 0. The average Bonchev–Trinajstić information content (AvgIpc) is 3.77. The molecule has 0 amide bonds. The molecule has 1 saturated heterocycles. The molecule has 1 heterocycles. The minimum atomic E-state index is 0.196. The van der Waals surface area contributed by atoms with Gasteiger partial charge in [-0.1, -0.05) is 91.0 Å². The number of nitrogens with two attached hydrogens (primary N) is 1. The van der Waals surface area contributed by atoms with Crippen LogP contribution >= 0.6 is 0 Å². The maximum absolute atomic E-state index is 6.46. The van der Waals surface area contributed by atoms with Gasteiger partial charge in [0.05, 0.1) is 12.2 Å². The van der Waals surface area contributed by atoms with Gasteiger partial charge in [0.2, 0.25) is 0 Å². The first-order valence-electron chi connectivity index (χ1n) is 14.0. The second kappa shape index (κ2) is 10.1. The molecule has 1 aliphatic heterocycles. The van der Waals surface area contributed by atoms with Gasteiger partial charge in [0, 0.05) is 16.9 Å². The van der Waals surface area contributed by atoms with Gasteiger partial charge in [0.25, 0.3) is 0 Å². The second-order valence-corrected chi connectivity index (χ2v) is 10.8. The van der Waals surface area contributed by atoms with Crippen LogP contribution in [0.2, 0.25) is 0 Å². The number of nitrogens with one attached hydrogen (secondary N) is 2. The Morgan fingerprint density at radius 2 is 1.49 bits per heavy atom. The Bertz CT molecular complexity index is 1670. The summed E-state index contributed by atoms with van der Waals surface area (Å²) in [5.41, 5.74) is 15.9. The van der Waals surface area contributed by atoms with Crippen LogP contribution in [0.5, 0.6) is 0 Å². The summed E-state index contributed by atoms with van der Waals surface area (Å²) in [7, 11) is 0. The zero-order valence-electron chi connectivity index (χ0n) is 22.0.